The van der Waals surface area contributed by atoms with E-state index in [1.54, 1.807) is 16.8 Å². The minimum Gasteiger partial charge on any atom is -0.370 e. The number of aromatic nitrogens is 3. The maximum absolute atomic E-state index is 12.7. The predicted molar refractivity (Wildman–Crippen MR) is 107 cm³/mol. The number of nitrogens with two attached hydrogens (primary N) is 1. The number of carbonyl (C=O) groups excluding carboxylic acids is 2. The highest BCUT2D eigenvalue weighted by Crippen LogP contribution is 2.29. The molecule has 0 aliphatic carbocycles. The van der Waals surface area contributed by atoms with Crippen LogP contribution >= 0.6 is 0 Å². The first kappa shape index (κ1) is 18.0. The first-order valence-electron chi connectivity index (χ1n) is 9.39. The van der Waals surface area contributed by atoms with Crippen LogP contribution in [0.4, 0.5) is 11.4 Å². The number of hydrogen-bond donors (Lipinski definition) is 2. The SMILES string of the molecule is NC(=O)c1ccc(N2CCCCC2)c(NC(=O)Cn2nnc3ccccc32)c1. The monoisotopic (exact) mass is 378 g/mol. The van der Waals surface area contributed by atoms with Crippen molar-refractivity contribution in [3.8, 4) is 0 Å². The molecule has 1 aromatic heterocycles. The molecule has 8 nitrogen and oxygen atoms in total. The maximum atomic E-state index is 12.7. The number of anilines is 2. The first-order chi connectivity index (χ1) is 13.6. The smallest absolute Gasteiger partial charge is 0.248 e. The Balaban J connectivity index is 1.58. The lowest BCUT2D eigenvalue weighted by molar-refractivity contribution is -0.116. The van der Waals surface area contributed by atoms with Gasteiger partial charge in [-0.3, -0.25) is 9.59 Å². The molecule has 4 rings (SSSR count). The summed E-state index contributed by atoms with van der Waals surface area (Å²) in [6, 6.07) is 12.7. The van der Waals surface area contributed by atoms with Crippen LogP contribution in [0.15, 0.2) is 42.5 Å². The second-order valence-corrected chi connectivity index (χ2v) is 6.93. The molecule has 1 aliphatic heterocycles. The van der Waals surface area contributed by atoms with Crippen LogP contribution in [0.1, 0.15) is 29.6 Å². The van der Waals surface area contributed by atoms with Crippen molar-refractivity contribution in [3.63, 3.8) is 0 Å². The molecule has 0 bridgehead atoms. The molecule has 2 amide bonds. The Morgan fingerprint density at radius 2 is 1.86 bits per heavy atom. The fraction of sp³-hybridized carbons (Fsp3) is 0.300. The highest BCUT2D eigenvalue weighted by molar-refractivity contribution is 5.99. The number of para-hydroxylation sites is 1. The van der Waals surface area contributed by atoms with Crippen LogP contribution in [0.3, 0.4) is 0 Å². The van der Waals surface area contributed by atoms with Crippen LogP contribution in [0.2, 0.25) is 0 Å². The van der Waals surface area contributed by atoms with Gasteiger partial charge in [0.2, 0.25) is 11.8 Å². The molecule has 144 valence electrons. The van der Waals surface area contributed by atoms with Crippen LogP contribution < -0.4 is 16.0 Å². The zero-order chi connectivity index (χ0) is 19.5. The van der Waals surface area contributed by atoms with Gasteiger partial charge in [-0.2, -0.15) is 0 Å². The summed E-state index contributed by atoms with van der Waals surface area (Å²) in [6.45, 7) is 1.87. The van der Waals surface area contributed by atoms with Crippen molar-refractivity contribution in [1.82, 2.24) is 15.0 Å². The van der Waals surface area contributed by atoms with Gasteiger partial charge in [0.05, 0.1) is 16.9 Å². The molecule has 3 aromatic rings. The summed E-state index contributed by atoms with van der Waals surface area (Å²) in [5.74, 6) is -0.765. The fourth-order valence-corrected chi connectivity index (χ4v) is 3.56. The molecule has 3 N–H and O–H groups in total. The maximum Gasteiger partial charge on any atom is 0.248 e. The molecular weight excluding hydrogens is 356 g/mol. The number of piperidine rings is 1. The average molecular weight is 378 g/mol. The second kappa shape index (κ2) is 7.67. The summed E-state index contributed by atoms with van der Waals surface area (Å²) in [5.41, 5.74) is 8.81. The average Bonchev–Trinajstić information content (AvgIpc) is 3.11. The standard InChI is InChI=1S/C20H22N6O2/c21-20(28)14-8-9-17(25-10-4-1-5-11-25)16(12-14)22-19(27)13-26-18-7-3-2-6-15(18)23-24-26/h2-3,6-9,12H,1,4-5,10-11,13H2,(H2,21,28)(H,22,27). The zero-order valence-electron chi connectivity index (χ0n) is 15.5. The Kier molecular flexibility index (Phi) is 4.92. The molecule has 1 aliphatic rings. The normalized spacial score (nSPS) is 14.2. The molecule has 1 saturated heterocycles. The number of primary amides is 1. The topological polar surface area (TPSA) is 106 Å². The van der Waals surface area contributed by atoms with Gasteiger partial charge in [-0.1, -0.05) is 17.3 Å². The van der Waals surface area contributed by atoms with Gasteiger partial charge in [-0.15, -0.1) is 5.10 Å². The first-order valence-corrected chi connectivity index (χ1v) is 9.39. The third-order valence-electron chi connectivity index (χ3n) is 4.97. The molecule has 1 fully saturated rings. The number of amides is 2. The van der Waals surface area contributed by atoms with E-state index in [1.165, 1.54) is 6.42 Å². The predicted octanol–water partition coefficient (Wildman–Crippen LogP) is 2.16. The van der Waals surface area contributed by atoms with Gasteiger partial charge in [0.25, 0.3) is 0 Å². The number of benzene rings is 2. The van der Waals surface area contributed by atoms with Gasteiger partial charge in [-0.25, -0.2) is 4.68 Å². The minimum atomic E-state index is -0.525. The molecule has 0 unspecified atom stereocenters. The largest absolute Gasteiger partial charge is 0.370 e. The van der Waals surface area contributed by atoms with Crippen LogP contribution in [-0.2, 0) is 11.3 Å². The third-order valence-corrected chi connectivity index (χ3v) is 4.97. The number of hydrogen-bond acceptors (Lipinski definition) is 5. The Morgan fingerprint density at radius 1 is 1.07 bits per heavy atom. The second-order valence-electron chi connectivity index (χ2n) is 6.93. The fourth-order valence-electron chi connectivity index (χ4n) is 3.56. The molecule has 2 aromatic carbocycles. The van der Waals surface area contributed by atoms with Crippen molar-refractivity contribution in [1.29, 1.82) is 0 Å². The molecule has 28 heavy (non-hydrogen) atoms. The van der Waals surface area contributed by atoms with E-state index in [2.05, 4.69) is 20.5 Å². The summed E-state index contributed by atoms with van der Waals surface area (Å²) >= 11 is 0. The van der Waals surface area contributed by atoms with E-state index in [0.717, 1.165) is 42.7 Å². The Morgan fingerprint density at radius 3 is 2.64 bits per heavy atom. The Hall–Kier alpha value is -3.42. The summed E-state index contributed by atoms with van der Waals surface area (Å²) < 4.78 is 1.56. The molecule has 0 radical (unpaired) electrons. The van der Waals surface area contributed by atoms with E-state index in [-0.39, 0.29) is 12.5 Å². The third kappa shape index (κ3) is 3.66. The molecule has 2 heterocycles. The quantitative estimate of drug-likeness (QED) is 0.708. The van der Waals surface area contributed by atoms with Crippen molar-refractivity contribution < 1.29 is 9.59 Å². The lowest BCUT2D eigenvalue weighted by atomic mass is 10.1. The van der Waals surface area contributed by atoms with Crippen LogP contribution in [0.5, 0.6) is 0 Å². The van der Waals surface area contributed by atoms with Crippen LogP contribution in [0.25, 0.3) is 11.0 Å². The van der Waals surface area contributed by atoms with E-state index in [1.807, 2.05) is 30.3 Å². The summed E-state index contributed by atoms with van der Waals surface area (Å²) in [7, 11) is 0. The van der Waals surface area contributed by atoms with Crippen LogP contribution in [-0.4, -0.2) is 39.9 Å². The van der Waals surface area contributed by atoms with Gasteiger partial charge in [-0.05, 0) is 49.6 Å². The van der Waals surface area contributed by atoms with Crippen molar-refractivity contribution in [2.75, 3.05) is 23.3 Å². The molecule has 0 saturated carbocycles. The molecule has 8 heteroatoms. The number of rotatable bonds is 5. The van der Waals surface area contributed by atoms with Crippen molar-refractivity contribution in [2.45, 2.75) is 25.8 Å². The minimum absolute atomic E-state index is 0.0285. The van der Waals surface area contributed by atoms with Crippen LogP contribution in [0, 0.1) is 0 Å². The van der Waals surface area contributed by atoms with Gasteiger partial charge >= 0.3 is 0 Å². The van der Waals surface area contributed by atoms with Gasteiger partial charge in [0.15, 0.2) is 0 Å². The van der Waals surface area contributed by atoms with Gasteiger partial charge < -0.3 is 16.0 Å². The summed E-state index contributed by atoms with van der Waals surface area (Å²) in [4.78, 5) is 26.5. The molecule has 0 atom stereocenters. The van der Waals surface area contributed by atoms with E-state index in [4.69, 9.17) is 5.73 Å². The zero-order valence-corrected chi connectivity index (χ0v) is 15.5. The Labute approximate surface area is 162 Å². The van der Waals surface area contributed by atoms with Gasteiger partial charge in [0, 0.05) is 18.7 Å². The molecular formula is C20H22N6O2. The van der Waals surface area contributed by atoms with E-state index in [9.17, 15) is 9.59 Å². The number of fused-ring (bicyclic) bond motifs is 1. The van der Waals surface area contributed by atoms with E-state index >= 15 is 0 Å². The van der Waals surface area contributed by atoms with Crippen molar-refractivity contribution in [3.05, 3.63) is 48.0 Å². The number of carbonyl (C=O) groups is 2. The highest BCUT2D eigenvalue weighted by Gasteiger charge is 2.18. The van der Waals surface area contributed by atoms with Crippen molar-refractivity contribution >= 4 is 34.2 Å². The van der Waals surface area contributed by atoms with Crippen molar-refractivity contribution in [2.24, 2.45) is 5.73 Å². The lowest BCUT2D eigenvalue weighted by Crippen LogP contribution is -2.31. The summed E-state index contributed by atoms with van der Waals surface area (Å²) in [6.07, 6.45) is 3.42. The number of nitrogens with zero attached hydrogens (tertiary/aromatic N) is 4. The highest BCUT2D eigenvalue weighted by atomic mass is 16.2. The van der Waals surface area contributed by atoms with Gasteiger partial charge in [0.1, 0.15) is 12.1 Å². The van der Waals surface area contributed by atoms with E-state index in [0.29, 0.717) is 11.3 Å². The Bertz CT molecular complexity index is 1020. The molecule has 0 spiro atoms. The lowest BCUT2D eigenvalue weighted by Gasteiger charge is -2.30. The summed E-state index contributed by atoms with van der Waals surface area (Å²) in [5, 5.41) is 11.1. The number of nitrogens with one attached hydrogen (secondary N) is 1. The van der Waals surface area contributed by atoms with E-state index < -0.39 is 5.91 Å².